The number of hydrogen-bond donors (Lipinski definition) is 0. The van der Waals surface area contributed by atoms with Gasteiger partial charge in [0.1, 0.15) is 5.76 Å². The number of allylic oxidation sites excluding steroid dienone is 2. The normalized spacial score (nSPS) is 13.9. The lowest BCUT2D eigenvalue weighted by Gasteiger charge is -2.23. The summed E-state index contributed by atoms with van der Waals surface area (Å²) < 4.78 is 17.5. The van der Waals surface area contributed by atoms with Crippen molar-refractivity contribution in [1.82, 2.24) is 0 Å². The van der Waals surface area contributed by atoms with Crippen molar-refractivity contribution in [3.8, 4) is 0 Å². The molecular formula is C17H35ClO3Si2. The van der Waals surface area contributed by atoms with Crippen molar-refractivity contribution in [2.45, 2.75) is 71.4 Å². The van der Waals surface area contributed by atoms with Gasteiger partial charge in [0.2, 0.25) is 16.6 Å². The Kier molecular flexibility index (Phi) is 11.0. The molecule has 0 atom stereocenters. The van der Waals surface area contributed by atoms with Gasteiger partial charge in [-0.1, -0.05) is 12.8 Å². The topological polar surface area (TPSA) is 27.7 Å². The average molecular weight is 379 g/mol. The summed E-state index contributed by atoms with van der Waals surface area (Å²) in [7, 11) is -1.72. The first-order valence-corrected chi connectivity index (χ1v) is 15.8. The van der Waals surface area contributed by atoms with Crippen LogP contribution in [-0.4, -0.2) is 29.6 Å². The van der Waals surface area contributed by atoms with E-state index in [0.29, 0.717) is 5.95 Å². The number of rotatable bonds is 12. The molecule has 6 heteroatoms. The molecule has 0 spiro atoms. The molecule has 0 radical (unpaired) electrons. The summed E-state index contributed by atoms with van der Waals surface area (Å²) in [6.45, 7) is 13.0. The SMILES string of the molecule is CO/C(=C\C(=C\CCCCCCCl)O[Si](C)(C)C)O[Si](C)(C)C. The van der Waals surface area contributed by atoms with Crippen LogP contribution in [-0.2, 0) is 13.6 Å². The molecule has 0 aromatic rings. The molecule has 0 saturated carbocycles. The standard InChI is InChI=1S/C17H35ClO3Si2/c1-19-17(21-23(5,6)7)15-16(20-22(2,3)4)13-11-9-8-10-12-14-18/h13,15H,8-12,14H2,1-7H3/b16-13-,17-15+. The molecule has 0 fully saturated rings. The number of alkyl halides is 1. The van der Waals surface area contributed by atoms with Gasteiger partial charge in [-0.2, -0.15) is 0 Å². The second-order valence-electron chi connectivity index (χ2n) is 7.59. The molecule has 0 unspecified atom stereocenters. The van der Waals surface area contributed by atoms with Crippen LogP contribution in [0.3, 0.4) is 0 Å². The predicted molar refractivity (Wildman–Crippen MR) is 106 cm³/mol. The van der Waals surface area contributed by atoms with Crippen LogP contribution in [0.2, 0.25) is 39.3 Å². The molecule has 0 N–H and O–H groups in total. The van der Waals surface area contributed by atoms with E-state index in [-0.39, 0.29) is 0 Å². The molecule has 0 aromatic carbocycles. The highest BCUT2D eigenvalue weighted by Gasteiger charge is 2.21. The van der Waals surface area contributed by atoms with Crippen LogP contribution in [0.4, 0.5) is 0 Å². The third-order valence-electron chi connectivity index (χ3n) is 2.73. The Labute approximate surface area is 150 Å². The Balaban J connectivity index is 4.84. The van der Waals surface area contributed by atoms with E-state index >= 15 is 0 Å². The molecule has 0 aromatic heterocycles. The van der Waals surface area contributed by atoms with Gasteiger partial charge in [0.05, 0.1) is 13.2 Å². The molecule has 23 heavy (non-hydrogen) atoms. The fraction of sp³-hybridized carbons (Fsp3) is 0.765. The van der Waals surface area contributed by atoms with Crippen molar-refractivity contribution in [2.75, 3.05) is 13.0 Å². The van der Waals surface area contributed by atoms with Crippen LogP contribution in [0.1, 0.15) is 32.1 Å². The highest BCUT2D eigenvalue weighted by Crippen LogP contribution is 2.18. The lowest BCUT2D eigenvalue weighted by atomic mass is 10.1. The quantitative estimate of drug-likeness (QED) is 0.132. The second kappa shape index (κ2) is 11.2. The minimum Gasteiger partial charge on any atom is -0.544 e. The molecular weight excluding hydrogens is 344 g/mol. The molecule has 0 aliphatic heterocycles. The molecule has 0 amide bonds. The van der Waals surface area contributed by atoms with E-state index in [1.54, 1.807) is 7.11 Å². The molecule has 3 nitrogen and oxygen atoms in total. The van der Waals surface area contributed by atoms with Gasteiger partial charge in [0, 0.05) is 5.88 Å². The maximum absolute atomic E-state index is 6.17. The number of hydrogen-bond acceptors (Lipinski definition) is 3. The second-order valence-corrected chi connectivity index (χ2v) is 16.8. The Bertz CT molecular complexity index is 382. The van der Waals surface area contributed by atoms with Crippen LogP contribution < -0.4 is 0 Å². The van der Waals surface area contributed by atoms with Crippen LogP contribution in [0.15, 0.2) is 23.9 Å². The number of halogens is 1. The van der Waals surface area contributed by atoms with Crippen LogP contribution >= 0.6 is 11.6 Å². The van der Waals surface area contributed by atoms with Gasteiger partial charge in [-0.05, 0) is 64.6 Å². The third kappa shape index (κ3) is 14.9. The summed E-state index contributed by atoms with van der Waals surface area (Å²) in [6, 6.07) is 0. The number of ether oxygens (including phenoxy) is 1. The zero-order valence-corrected chi connectivity index (χ0v) is 18.8. The largest absolute Gasteiger partial charge is 0.544 e. The van der Waals surface area contributed by atoms with Gasteiger partial charge in [-0.3, -0.25) is 0 Å². The molecule has 0 saturated heterocycles. The molecule has 0 heterocycles. The summed E-state index contributed by atoms with van der Waals surface area (Å²) in [6.07, 6.45) is 9.71. The minimum atomic E-state index is -1.70. The summed E-state index contributed by atoms with van der Waals surface area (Å²) in [5.41, 5.74) is 0. The van der Waals surface area contributed by atoms with Gasteiger partial charge in [0.25, 0.3) is 5.95 Å². The van der Waals surface area contributed by atoms with E-state index in [1.165, 1.54) is 12.8 Å². The number of unbranched alkanes of at least 4 members (excludes halogenated alkanes) is 4. The lowest BCUT2D eigenvalue weighted by molar-refractivity contribution is 0.145. The average Bonchev–Trinajstić information content (AvgIpc) is 2.38. The lowest BCUT2D eigenvalue weighted by Crippen LogP contribution is -2.26. The zero-order chi connectivity index (χ0) is 17.9. The van der Waals surface area contributed by atoms with E-state index < -0.39 is 16.6 Å². The maximum atomic E-state index is 6.17. The molecule has 136 valence electrons. The van der Waals surface area contributed by atoms with E-state index in [9.17, 15) is 0 Å². The van der Waals surface area contributed by atoms with Gasteiger partial charge in [-0.25, -0.2) is 0 Å². The Morgan fingerprint density at radius 1 is 0.870 bits per heavy atom. The molecule has 0 aliphatic carbocycles. The van der Waals surface area contributed by atoms with E-state index in [1.807, 2.05) is 6.08 Å². The first-order valence-electron chi connectivity index (χ1n) is 8.47. The van der Waals surface area contributed by atoms with E-state index in [4.69, 9.17) is 25.2 Å². The van der Waals surface area contributed by atoms with Gasteiger partial charge < -0.3 is 13.6 Å². The summed E-state index contributed by atoms with van der Waals surface area (Å²) in [4.78, 5) is 0. The first kappa shape index (κ1) is 22.6. The van der Waals surface area contributed by atoms with Crippen molar-refractivity contribution in [3.05, 3.63) is 23.9 Å². The van der Waals surface area contributed by atoms with Crippen molar-refractivity contribution in [3.63, 3.8) is 0 Å². The van der Waals surface area contributed by atoms with Crippen molar-refractivity contribution in [2.24, 2.45) is 0 Å². The van der Waals surface area contributed by atoms with E-state index in [2.05, 4.69) is 45.4 Å². The Hall–Kier alpha value is -0.396. The monoisotopic (exact) mass is 378 g/mol. The van der Waals surface area contributed by atoms with Crippen LogP contribution in [0.25, 0.3) is 0 Å². The zero-order valence-electron chi connectivity index (χ0n) is 16.0. The van der Waals surface area contributed by atoms with Crippen molar-refractivity contribution >= 4 is 28.2 Å². The predicted octanol–water partition coefficient (Wildman–Crippen LogP) is 6.25. The van der Waals surface area contributed by atoms with Crippen LogP contribution in [0.5, 0.6) is 0 Å². The maximum Gasteiger partial charge on any atom is 0.268 e. The van der Waals surface area contributed by atoms with Gasteiger partial charge in [0.15, 0.2) is 0 Å². The third-order valence-corrected chi connectivity index (χ3v) is 4.65. The summed E-state index contributed by atoms with van der Waals surface area (Å²) in [5, 5.41) is 0. The van der Waals surface area contributed by atoms with Gasteiger partial charge >= 0.3 is 0 Å². The van der Waals surface area contributed by atoms with Gasteiger partial charge in [-0.15, -0.1) is 11.6 Å². The molecule has 0 aliphatic rings. The number of methoxy groups -OCH3 is 1. The van der Waals surface area contributed by atoms with Crippen molar-refractivity contribution in [1.29, 1.82) is 0 Å². The Morgan fingerprint density at radius 3 is 1.91 bits per heavy atom. The smallest absolute Gasteiger partial charge is 0.268 e. The fourth-order valence-electron chi connectivity index (χ4n) is 1.87. The molecule has 0 rings (SSSR count). The highest BCUT2D eigenvalue weighted by atomic mass is 35.5. The highest BCUT2D eigenvalue weighted by molar-refractivity contribution is 6.70. The fourth-order valence-corrected chi connectivity index (χ4v) is 3.65. The summed E-state index contributed by atoms with van der Waals surface area (Å²) in [5.74, 6) is 2.18. The minimum absolute atomic E-state index is 0.552. The van der Waals surface area contributed by atoms with Crippen LogP contribution in [0, 0.1) is 0 Å². The Morgan fingerprint density at radius 2 is 1.43 bits per heavy atom. The van der Waals surface area contributed by atoms with E-state index in [0.717, 1.165) is 30.9 Å². The first-order chi connectivity index (χ1) is 10.6. The molecule has 0 bridgehead atoms. The van der Waals surface area contributed by atoms with Crippen molar-refractivity contribution < 1.29 is 13.6 Å². The summed E-state index contributed by atoms with van der Waals surface area (Å²) >= 11 is 5.70.